The van der Waals surface area contributed by atoms with Crippen LogP contribution in [0.25, 0.3) is 0 Å². The molecule has 1 amide bonds. The molecule has 1 saturated heterocycles. The topological polar surface area (TPSA) is 75.9 Å². The van der Waals surface area contributed by atoms with Gasteiger partial charge in [0.15, 0.2) is 5.78 Å². The maximum Gasteiger partial charge on any atom is 0.219 e. The van der Waals surface area contributed by atoms with E-state index in [0.717, 1.165) is 26.2 Å². The molecule has 1 fully saturated rings. The Morgan fingerprint density at radius 2 is 1.91 bits per heavy atom. The van der Waals surface area contributed by atoms with Crippen molar-refractivity contribution in [2.24, 2.45) is 0 Å². The molecule has 0 aromatic heterocycles. The van der Waals surface area contributed by atoms with Crippen molar-refractivity contribution in [2.45, 2.75) is 20.3 Å². The third kappa shape index (κ3) is 4.69. The number of benzene rings is 1. The lowest BCUT2D eigenvalue weighted by Crippen LogP contribution is -2.48. The van der Waals surface area contributed by atoms with Crippen LogP contribution in [-0.2, 0) is 4.79 Å². The fourth-order valence-corrected chi connectivity index (χ4v) is 2.70. The van der Waals surface area contributed by atoms with E-state index < -0.39 is 0 Å². The quantitative estimate of drug-likeness (QED) is 0.634. The predicted octanol–water partition coefficient (Wildman–Crippen LogP) is 1.40. The van der Waals surface area contributed by atoms with Gasteiger partial charge < -0.3 is 15.4 Å². The summed E-state index contributed by atoms with van der Waals surface area (Å²) >= 11 is 0. The molecular formula is C17H25N3O3. The number of ether oxygens (including phenoxy) is 1. The van der Waals surface area contributed by atoms with E-state index in [2.05, 4.69) is 4.90 Å². The van der Waals surface area contributed by atoms with Crippen LogP contribution in [0, 0.1) is 0 Å². The Labute approximate surface area is 137 Å². The van der Waals surface area contributed by atoms with Gasteiger partial charge in [-0.15, -0.1) is 0 Å². The highest BCUT2D eigenvalue weighted by Crippen LogP contribution is 2.23. The molecule has 0 bridgehead atoms. The first kappa shape index (κ1) is 17.3. The number of hydrogen-bond acceptors (Lipinski definition) is 5. The van der Waals surface area contributed by atoms with Crippen LogP contribution >= 0.6 is 0 Å². The van der Waals surface area contributed by atoms with Crippen molar-refractivity contribution in [3.63, 3.8) is 0 Å². The number of piperazine rings is 1. The Morgan fingerprint density at radius 1 is 1.22 bits per heavy atom. The van der Waals surface area contributed by atoms with E-state index >= 15 is 0 Å². The number of Topliss-reactive ketones (excluding diaryl/α,β-unsaturated/α-hetero) is 1. The number of hydrogen-bond donors (Lipinski definition) is 1. The summed E-state index contributed by atoms with van der Waals surface area (Å²) in [5.74, 6) is 0.809. The van der Waals surface area contributed by atoms with Gasteiger partial charge in [-0.1, -0.05) is 0 Å². The fraction of sp³-hybridized carbons (Fsp3) is 0.529. The van der Waals surface area contributed by atoms with Crippen LogP contribution in [-0.4, -0.2) is 60.8 Å². The summed E-state index contributed by atoms with van der Waals surface area (Å²) in [7, 11) is 0. The molecule has 0 aliphatic carbocycles. The number of anilines is 1. The lowest BCUT2D eigenvalue weighted by atomic mass is 10.1. The van der Waals surface area contributed by atoms with Gasteiger partial charge in [-0.2, -0.15) is 0 Å². The van der Waals surface area contributed by atoms with Crippen molar-refractivity contribution in [1.29, 1.82) is 0 Å². The van der Waals surface area contributed by atoms with E-state index in [1.54, 1.807) is 25.1 Å². The minimum absolute atomic E-state index is 0.0775. The number of nitrogens with zero attached hydrogens (tertiary/aromatic N) is 2. The van der Waals surface area contributed by atoms with Gasteiger partial charge in [-0.25, -0.2) is 0 Å². The molecule has 6 nitrogen and oxygen atoms in total. The number of nitrogens with two attached hydrogens (primary N) is 1. The summed E-state index contributed by atoms with van der Waals surface area (Å²) in [4.78, 5) is 27.6. The SMILES string of the molecule is CCOc1ccc(C(=O)CCN2CCN(C(C)=O)CC2)cc1N. The molecule has 0 atom stereocenters. The molecule has 1 aromatic carbocycles. The first-order valence-corrected chi connectivity index (χ1v) is 8.04. The molecule has 0 unspecified atom stereocenters. The van der Waals surface area contributed by atoms with Crippen LogP contribution in [0.2, 0.25) is 0 Å². The number of nitrogen functional groups attached to an aromatic ring is 1. The number of carbonyl (C=O) groups is 2. The Hall–Kier alpha value is -2.08. The molecule has 1 heterocycles. The second-order valence-corrected chi connectivity index (χ2v) is 5.71. The van der Waals surface area contributed by atoms with Crippen LogP contribution in [0.5, 0.6) is 5.75 Å². The maximum atomic E-state index is 12.3. The van der Waals surface area contributed by atoms with Crippen LogP contribution in [0.1, 0.15) is 30.6 Å². The van der Waals surface area contributed by atoms with Gasteiger partial charge in [-0.3, -0.25) is 14.5 Å². The highest BCUT2D eigenvalue weighted by atomic mass is 16.5. The zero-order valence-electron chi connectivity index (χ0n) is 13.9. The van der Waals surface area contributed by atoms with E-state index in [1.165, 1.54) is 0 Å². The number of amides is 1. The first-order chi connectivity index (χ1) is 11.0. The summed E-state index contributed by atoms with van der Waals surface area (Å²) in [5, 5.41) is 0. The largest absolute Gasteiger partial charge is 0.492 e. The van der Waals surface area contributed by atoms with Gasteiger partial charge in [0.05, 0.1) is 12.3 Å². The lowest BCUT2D eigenvalue weighted by molar-refractivity contribution is -0.130. The second-order valence-electron chi connectivity index (χ2n) is 5.71. The van der Waals surface area contributed by atoms with E-state index in [0.29, 0.717) is 36.6 Å². The highest BCUT2D eigenvalue weighted by molar-refractivity contribution is 5.97. The maximum absolute atomic E-state index is 12.3. The Bertz CT molecular complexity index is 566. The lowest BCUT2D eigenvalue weighted by Gasteiger charge is -2.34. The summed E-state index contributed by atoms with van der Waals surface area (Å²) in [6.45, 7) is 7.84. The van der Waals surface area contributed by atoms with E-state index in [4.69, 9.17) is 10.5 Å². The van der Waals surface area contributed by atoms with E-state index in [1.807, 2.05) is 11.8 Å². The third-order valence-corrected chi connectivity index (χ3v) is 4.10. The van der Waals surface area contributed by atoms with Crippen molar-refractivity contribution in [2.75, 3.05) is 45.1 Å². The van der Waals surface area contributed by atoms with Crippen molar-refractivity contribution < 1.29 is 14.3 Å². The van der Waals surface area contributed by atoms with Crippen LogP contribution in [0.4, 0.5) is 5.69 Å². The zero-order valence-corrected chi connectivity index (χ0v) is 13.9. The summed E-state index contributed by atoms with van der Waals surface area (Å²) in [6.07, 6.45) is 0.452. The predicted molar refractivity (Wildman–Crippen MR) is 89.7 cm³/mol. The molecule has 0 spiro atoms. The summed E-state index contributed by atoms with van der Waals surface area (Å²) < 4.78 is 5.38. The van der Waals surface area contributed by atoms with Crippen LogP contribution in [0.3, 0.4) is 0 Å². The molecule has 0 saturated carbocycles. The van der Waals surface area contributed by atoms with Crippen molar-refractivity contribution >= 4 is 17.4 Å². The van der Waals surface area contributed by atoms with Crippen LogP contribution in [0.15, 0.2) is 18.2 Å². The molecule has 1 aromatic rings. The molecule has 1 aliphatic heterocycles. The minimum atomic E-state index is 0.0775. The van der Waals surface area contributed by atoms with Crippen molar-refractivity contribution in [1.82, 2.24) is 9.80 Å². The Morgan fingerprint density at radius 3 is 2.48 bits per heavy atom. The molecule has 126 valence electrons. The summed E-state index contributed by atoms with van der Waals surface area (Å²) in [6, 6.07) is 5.19. The van der Waals surface area contributed by atoms with Gasteiger partial charge in [0.1, 0.15) is 5.75 Å². The number of carbonyl (C=O) groups excluding carboxylic acids is 2. The van der Waals surface area contributed by atoms with Crippen LogP contribution < -0.4 is 10.5 Å². The molecule has 1 aliphatic rings. The Kier molecular flexibility index (Phi) is 5.98. The minimum Gasteiger partial charge on any atom is -0.492 e. The van der Waals surface area contributed by atoms with Gasteiger partial charge in [0.2, 0.25) is 5.91 Å². The van der Waals surface area contributed by atoms with Crippen molar-refractivity contribution in [3.05, 3.63) is 23.8 Å². The molecule has 2 N–H and O–H groups in total. The average molecular weight is 319 g/mol. The summed E-state index contributed by atoms with van der Waals surface area (Å²) in [5.41, 5.74) is 7.01. The van der Waals surface area contributed by atoms with E-state index in [-0.39, 0.29) is 11.7 Å². The normalized spacial score (nSPS) is 15.5. The van der Waals surface area contributed by atoms with E-state index in [9.17, 15) is 9.59 Å². The molecule has 6 heteroatoms. The van der Waals surface area contributed by atoms with Gasteiger partial charge in [0, 0.05) is 51.6 Å². The standard InChI is InChI=1S/C17H25N3O3/c1-3-23-17-5-4-14(12-15(17)18)16(22)6-7-19-8-10-20(11-9-19)13(2)21/h4-5,12H,3,6-11,18H2,1-2H3. The number of rotatable bonds is 6. The highest BCUT2D eigenvalue weighted by Gasteiger charge is 2.19. The molecule has 2 rings (SSSR count). The molecule has 0 radical (unpaired) electrons. The Balaban J connectivity index is 1.83. The van der Waals surface area contributed by atoms with Gasteiger partial charge in [0.25, 0.3) is 0 Å². The molecular weight excluding hydrogens is 294 g/mol. The zero-order chi connectivity index (χ0) is 16.8. The van der Waals surface area contributed by atoms with Gasteiger partial charge in [-0.05, 0) is 25.1 Å². The van der Waals surface area contributed by atoms with Gasteiger partial charge >= 0.3 is 0 Å². The van der Waals surface area contributed by atoms with Crippen molar-refractivity contribution in [3.8, 4) is 5.75 Å². The third-order valence-electron chi connectivity index (χ3n) is 4.10. The second kappa shape index (κ2) is 7.97. The number of ketones is 1. The smallest absolute Gasteiger partial charge is 0.219 e. The first-order valence-electron chi connectivity index (χ1n) is 8.04. The molecule has 23 heavy (non-hydrogen) atoms. The monoisotopic (exact) mass is 319 g/mol. The fourth-order valence-electron chi connectivity index (χ4n) is 2.70. The average Bonchev–Trinajstić information content (AvgIpc) is 2.55.